The molecule has 0 spiro atoms. The second-order valence-electron chi connectivity index (χ2n) is 1.91. The lowest BCUT2D eigenvalue weighted by Crippen LogP contribution is -1.96. The molecule has 0 amide bonds. The van der Waals surface area contributed by atoms with Gasteiger partial charge in [-0.2, -0.15) is 0 Å². The maximum Gasteiger partial charge on any atom is 0.302 e. The van der Waals surface area contributed by atoms with E-state index in [1.807, 2.05) is 0 Å². The summed E-state index contributed by atoms with van der Waals surface area (Å²) in [7, 11) is 0. The van der Waals surface area contributed by atoms with E-state index < -0.39 is 9.67 Å². The van der Waals surface area contributed by atoms with E-state index in [0.29, 0.717) is 6.61 Å². The summed E-state index contributed by atoms with van der Waals surface area (Å²) in [4.78, 5) is 8.48. The number of carbonyl (C=O) groups excluding carboxylic acids is 1. The topological polar surface area (TPSA) is 46.5 Å². The fraction of sp³-hybridized carbons (Fsp3) is 0.875. The average molecular weight is 302 g/mol. The van der Waals surface area contributed by atoms with Gasteiger partial charge in [-0.1, -0.05) is 0 Å². The van der Waals surface area contributed by atoms with Crippen LogP contribution in [0.2, 0.25) is 0 Å². The van der Waals surface area contributed by atoms with Gasteiger partial charge >= 0.3 is 5.97 Å². The average Bonchev–Trinajstić information content (AvgIpc) is 2.05. The first-order chi connectivity index (χ1) is 6.83. The number of halogens is 4. The molecule has 1 N–H and O–H groups in total. The first-order valence-electron chi connectivity index (χ1n) is 4.13. The fourth-order valence-corrected chi connectivity index (χ4v) is 0.203. The Morgan fingerprint density at radius 2 is 1.47 bits per heavy atom. The quantitative estimate of drug-likeness (QED) is 0.629. The summed E-state index contributed by atoms with van der Waals surface area (Å²) < 4.78 is 4.40. The molecule has 0 atom stereocenters. The first-order valence-corrected chi connectivity index (χ1v) is 5.88. The van der Waals surface area contributed by atoms with Crippen LogP contribution in [-0.2, 0) is 9.53 Å². The molecule has 7 heteroatoms. The van der Waals surface area contributed by atoms with Crippen molar-refractivity contribution in [1.29, 1.82) is 0 Å². The molecule has 0 bridgehead atoms. The lowest BCUT2D eigenvalue weighted by atomic mass is 10.8. The van der Waals surface area contributed by atoms with Crippen LogP contribution in [0.3, 0.4) is 0 Å². The maximum atomic E-state index is 9.82. The zero-order valence-corrected chi connectivity index (χ0v) is 11.9. The summed E-state index contributed by atoms with van der Waals surface area (Å²) in [5.41, 5.74) is 0. The Hall–Kier alpha value is 0.590. The summed E-state index contributed by atoms with van der Waals surface area (Å²) in [5, 5.41) is 7.57. The van der Waals surface area contributed by atoms with Crippen LogP contribution in [0.1, 0.15) is 20.8 Å². The molecule has 0 aliphatic carbocycles. The molecular formula is C8H16Cl4O3. The molecule has 3 nitrogen and oxygen atoms in total. The highest BCUT2D eigenvalue weighted by molar-refractivity contribution is 6.56. The minimum Gasteiger partial charge on any atom is -0.466 e. The van der Waals surface area contributed by atoms with Crippen molar-refractivity contribution in [3.8, 4) is 0 Å². The number of esters is 1. The minimum atomic E-state index is -0.673. The van der Waals surface area contributed by atoms with Crippen molar-refractivity contribution in [1.82, 2.24) is 0 Å². The largest absolute Gasteiger partial charge is 0.466 e. The smallest absolute Gasteiger partial charge is 0.302 e. The van der Waals surface area contributed by atoms with Gasteiger partial charge in [-0.25, -0.2) is 0 Å². The maximum absolute atomic E-state index is 9.82. The molecule has 94 valence electrons. The molecule has 0 saturated heterocycles. The number of aliphatic hydroxyl groups excluding tert-OH is 1. The van der Waals surface area contributed by atoms with E-state index in [4.69, 9.17) is 51.5 Å². The summed E-state index contributed by atoms with van der Waals surface area (Å²) in [6, 6.07) is 0. The Bertz CT molecular complexity index is 125. The van der Waals surface area contributed by atoms with Crippen molar-refractivity contribution in [2.45, 2.75) is 30.4 Å². The normalized spacial score (nSPS) is 8.67. The van der Waals surface area contributed by atoms with Gasteiger partial charge in [0.05, 0.1) is 6.61 Å². The van der Waals surface area contributed by atoms with Gasteiger partial charge in [-0.05, 0) is 13.8 Å². The number of alkyl halides is 4. The SMILES string of the molecule is CCO.CCOC(C)=O.ClC(Cl)C(Cl)Cl. The van der Waals surface area contributed by atoms with Gasteiger partial charge in [0.1, 0.15) is 9.67 Å². The molecule has 0 saturated carbocycles. The molecule has 0 radical (unpaired) electrons. The van der Waals surface area contributed by atoms with Crippen LogP contribution in [0.25, 0.3) is 0 Å². The predicted molar refractivity (Wildman–Crippen MR) is 66.1 cm³/mol. The van der Waals surface area contributed by atoms with Gasteiger partial charge in [-0.3, -0.25) is 4.79 Å². The van der Waals surface area contributed by atoms with Crippen molar-refractivity contribution >= 4 is 52.4 Å². The van der Waals surface area contributed by atoms with Crippen LogP contribution in [0.15, 0.2) is 0 Å². The second-order valence-corrected chi connectivity index (χ2v) is 4.24. The molecule has 15 heavy (non-hydrogen) atoms. The number of aliphatic hydroxyl groups is 1. The third-order valence-electron chi connectivity index (χ3n) is 0.538. The summed E-state index contributed by atoms with van der Waals surface area (Å²) >= 11 is 20.5. The highest BCUT2D eigenvalue weighted by Crippen LogP contribution is 2.16. The fourth-order valence-electron chi connectivity index (χ4n) is 0.203. The molecule has 0 aromatic heterocycles. The Morgan fingerprint density at radius 1 is 1.20 bits per heavy atom. The van der Waals surface area contributed by atoms with Crippen LogP contribution < -0.4 is 0 Å². The van der Waals surface area contributed by atoms with Gasteiger partial charge in [0.2, 0.25) is 0 Å². The van der Waals surface area contributed by atoms with Crippen LogP contribution in [0.5, 0.6) is 0 Å². The van der Waals surface area contributed by atoms with Crippen LogP contribution in [-0.4, -0.2) is 34.0 Å². The van der Waals surface area contributed by atoms with E-state index in [2.05, 4.69) is 4.74 Å². The van der Waals surface area contributed by atoms with E-state index in [1.165, 1.54) is 6.92 Å². The Labute approximate surface area is 111 Å². The zero-order chi connectivity index (χ0) is 12.9. The standard InChI is InChI=1S/C4H8O2.C2H2Cl4.C2H6O/c1-3-6-4(2)5;3-1(4)2(5)6;1-2-3/h3H2,1-2H3;1-2H;3H,2H2,1H3. The minimum absolute atomic E-state index is 0.211. The molecule has 0 unspecified atom stereocenters. The van der Waals surface area contributed by atoms with Gasteiger partial charge < -0.3 is 9.84 Å². The molecule has 0 aromatic rings. The monoisotopic (exact) mass is 300 g/mol. The van der Waals surface area contributed by atoms with E-state index in [1.54, 1.807) is 13.8 Å². The van der Waals surface area contributed by atoms with Gasteiger partial charge in [-0.15, -0.1) is 46.4 Å². The summed E-state index contributed by atoms with van der Waals surface area (Å²) in [5.74, 6) is -0.211. The van der Waals surface area contributed by atoms with Crippen molar-refractivity contribution < 1.29 is 14.6 Å². The van der Waals surface area contributed by atoms with E-state index in [9.17, 15) is 4.79 Å². The first kappa shape index (κ1) is 20.9. The molecule has 0 heterocycles. The second kappa shape index (κ2) is 17.0. The van der Waals surface area contributed by atoms with E-state index in [-0.39, 0.29) is 12.6 Å². The van der Waals surface area contributed by atoms with Gasteiger partial charge in [0.15, 0.2) is 0 Å². The highest BCUT2D eigenvalue weighted by Gasteiger charge is 2.06. The van der Waals surface area contributed by atoms with E-state index in [0.717, 1.165) is 0 Å². The number of ether oxygens (including phenoxy) is 1. The molecular weight excluding hydrogens is 286 g/mol. The number of rotatable bonds is 2. The van der Waals surface area contributed by atoms with Crippen molar-refractivity contribution in [2.75, 3.05) is 13.2 Å². The third kappa shape index (κ3) is 40.1. The predicted octanol–water partition coefficient (Wildman–Crippen LogP) is 3.16. The molecule has 0 aliphatic heterocycles. The van der Waals surface area contributed by atoms with Gasteiger partial charge in [0, 0.05) is 13.5 Å². The summed E-state index contributed by atoms with van der Waals surface area (Å²) in [6.45, 7) is 5.58. The number of carbonyl (C=O) groups is 1. The summed E-state index contributed by atoms with van der Waals surface area (Å²) in [6.07, 6.45) is 0. The van der Waals surface area contributed by atoms with Crippen LogP contribution in [0.4, 0.5) is 0 Å². The number of hydrogen-bond acceptors (Lipinski definition) is 3. The lowest BCUT2D eigenvalue weighted by molar-refractivity contribution is -0.140. The van der Waals surface area contributed by atoms with Crippen LogP contribution in [0, 0.1) is 0 Å². The highest BCUT2D eigenvalue weighted by atomic mass is 35.5. The molecule has 0 rings (SSSR count). The van der Waals surface area contributed by atoms with Gasteiger partial charge in [0.25, 0.3) is 0 Å². The zero-order valence-electron chi connectivity index (χ0n) is 8.84. The Kier molecular flexibility index (Phi) is 23.7. The van der Waals surface area contributed by atoms with E-state index >= 15 is 0 Å². The molecule has 0 aliphatic rings. The Morgan fingerprint density at radius 3 is 1.47 bits per heavy atom. The molecule has 0 fully saturated rings. The Balaban J connectivity index is -0.000000153. The number of hydrogen-bond donors (Lipinski definition) is 1. The van der Waals surface area contributed by atoms with Crippen molar-refractivity contribution in [2.24, 2.45) is 0 Å². The van der Waals surface area contributed by atoms with Crippen LogP contribution >= 0.6 is 46.4 Å². The van der Waals surface area contributed by atoms with Crippen molar-refractivity contribution in [3.05, 3.63) is 0 Å². The third-order valence-corrected chi connectivity index (χ3v) is 2.06. The lowest BCUT2D eigenvalue weighted by Gasteiger charge is -1.95. The molecule has 0 aromatic carbocycles. The van der Waals surface area contributed by atoms with Crippen molar-refractivity contribution in [3.63, 3.8) is 0 Å².